The van der Waals surface area contributed by atoms with Crippen LogP contribution in [-0.4, -0.2) is 34.7 Å². The number of esters is 1. The van der Waals surface area contributed by atoms with Crippen LogP contribution in [0.15, 0.2) is 12.3 Å². The molecule has 0 aliphatic heterocycles. The van der Waals surface area contributed by atoms with E-state index in [1.165, 1.54) is 6.92 Å². The summed E-state index contributed by atoms with van der Waals surface area (Å²) in [5.41, 5.74) is 5.39. The maximum absolute atomic E-state index is 12.8. The van der Waals surface area contributed by atoms with Crippen LogP contribution in [0.25, 0.3) is 0 Å². The van der Waals surface area contributed by atoms with Gasteiger partial charge < -0.3 is 9.47 Å². The lowest BCUT2D eigenvalue weighted by molar-refractivity contribution is -0.138. The van der Waals surface area contributed by atoms with E-state index < -0.39 is 23.9 Å². The molecule has 0 fully saturated rings. The molecule has 194 valence electrons. The minimum atomic E-state index is -4.54. The van der Waals surface area contributed by atoms with E-state index in [4.69, 9.17) is 25.9 Å². The molecular formula is C24H31ClF3N3O4. The Morgan fingerprint density at radius 3 is 2.49 bits per heavy atom. The zero-order chi connectivity index (χ0) is 26.3. The Hall–Kier alpha value is -2.43. The Bertz CT molecular complexity index is 1030. The van der Waals surface area contributed by atoms with Crippen molar-refractivity contribution in [1.82, 2.24) is 15.4 Å². The number of pyridine rings is 2. The van der Waals surface area contributed by atoms with Gasteiger partial charge >= 0.3 is 12.1 Å². The molecule has 1 N–H and O–H groups in total. The van der Waals surface area contributed by atoms with E-state index in [1.807, 2.05) is 20.8 Å². The van der Waals surface area contributed by atoms with Crippen LogP contribution in [0.4, 0.5) is 13.2 Å². The fraction of sp³-hybridized carbons (Fsp3) is 0.542. The van der Waals surface area contributed by atoms with Crippen molar-refractivity contribution in [2.75, 3.05) is 6.54 Å². The topological polar surface area (TPSA) is 82.6 Å². The van der Waals surface area contributed by atoms with Crippen molar-refractivity contribution < 1.29 is 32.3 Å². The highest BCUT2D eigenvalue weighted by molar-refractivity contribution is 6.31. The molecule has 0 radical (unpaired) electrons. The lowest BCUT2D eigenvalue weighted by Gasteiger charge is -2.22. The van der Waals surface area contributed by atoms with Crippen molar-refractivity contribution in [2.45, 2.75) is 79.2 Å². The lowest BCUT2D eigenvalue weighted by atomic mass is 10.0. The Morgan fingerprint density at radius 2 is 1.91 bits per heavy atom. The van der Waals surface area contributed by atoms with Crippen LogP contribution in [0.3, 0.4) is 0 Å². The number of aryl methyl sites for hydroxylation is 2. The lowest BCUT2D eigenvalue weighted by Crippen LogP contribution is -2.34. The fourth-order valence-corrected chi connectivity index (χ4v) is 3.48. The normalized spacial score (nSPS) is 13.4. The monoisotopic (exact) mass is 517 g/mol. The number of hydrogen-bond acceptors (Lipinski definition) is 7. The van der Waals surface area contributed by atoms with E-state index in [-0.39, 0.29) is 16.9 Å². The molecule has 0 aliphatic rings. The Morgan fingerprint density at radius 1 is 1.23 bits per heavy atom. The quantitative estimate of drug-likeness (QED) is 0.237. The maximum atomic E-state index is 12.8. The summed E-state index contributed by atoms with van der Waals surface area (Å²) in [5, 5.41) is -0.232. The van der Waals surface area contributed by atoms with Crippen molar-refractivity contribution in [1.29, 1.82) is 0 Å². The average molecular weight is 518 g/mol. The summed E-state index contributed by atoms with van der Waals surface area (Å²) in [7, 11) is 0. The number of hydrogen-bond donors (Lipinski definition) is 1. The van der Waals surface area contributed by atoms with Crippen LogP contribution in [0.5, 0.6) is 11.6 Å². The zero-order valence-corrected chi connectivity index (χ0v) is 21.4. The summed E-state index contributed by atoms with van der Waals surface area (Å²) < 4.78 is 49.4. The van der Waals surface area contributed by atoms with E-state index in [0.29, 0.717) is 37.8 Å². The van der Waals surface area contributed by atoms with E-state index in [2.05, 4.69) is 15.4 Å². The highest BCUT2D eigenvalue weighted by atomic mass is 35.5. The Labute approximate surface area is 208 Å². The van der Waals surface area contributed by atoms with E-state index in [0.717, 1.165) is 28.6 Å². The first kappa shape index (κ1) is 28.8. The standard InChI is InChI=1S/C24H31ClF3N3O4/c1-7-21-19(22(34-17(6)32)13(2)14(3)31-21)9-8-10-30-35-16(5)15(4)33-23-20(25)11-18(12-29-23)24(26,27)28/h11-12,15-16,30H,7-10H2,1-6H3. The fourth-order valence-electron chi connectivity index (χ4n) is 3.27. The summed E-state index contributed by atoms with van der Waals surface area (Å²) in [4.78, 5) is 25.5. The maximum Gasteiger partial charge on any atom is 0.417 e. The van der Waals surface area contributed by atoms with Crippen molar-refractivity contribution in [2.24, 2.45) is 0 Å². The second-order valence-electron chi connectivity index (χ2n) is 8.18. The number of ether oxygens (including phenoxy) is 2. The number of carbonyl (C=O) groups excluding carboxylic acids is 1. The molecule has 2 heterocycles. The first-order valence-corrected chi connectivity index (χ1v) is 11.7. The third-order valence-electron chi connectivity index (χ3n) is 5.46. The molecule has 0 bridgehead atoms. The smallest absolute Gasteiger partial charge is 0.417 e. The van der Waals surface area contributed by atoms with Crippen molar-refractivity contribution >= 4 is 17.6 Å². The predicted octanol–water partition coefficient (Wildman–Crippen LogP) is 5.56. The molecule has 2 aromatic heterocycles. The third kappa shape index (κ3) is 8.05. The number of nitrogens with zero attached hydrogens (tertiary/aromatic N) is 2. The Balaban J connectivity index is 1.90. The molecule has 2 unspecified atom stereocenters. The number of alkyl halides is 3. The first-order chi connectivity index (χ1) is 16.3. The number of nitrogens with one attached hydrogen (secondary N) is 1. The highest BCUT2D eigenvalue weighted by Gasteiger charge is 2.32. The van der Waals surface area contributed by atoms with Crippen LogP contribution < -0.4 is 15.0 Å². The second kappa shape index (κ2) is 12.5. The minimum Gasteiger partial charge on any atom is -0.471 e. The summed E-state index contributed by atoms with van der Waals surface area (Å²) in [5.74, 6) is 0.0861. The van der Waals surface area contributed by atoms with Crippen LogP contribution >= 0.6 is 11.6 Å². The van der Waals surface area contributed by atoms with Crippen LogP contribution in [0.2, 0.25) is 5.02 Å². The summed E-state index contributed by atoms with van der Waals surface area (Å²) in [6, 6.07) is 0.774. The molecule has 0 spiro atoms. The van der Waals surface area contributed by atoms with Gasteiger partial charge in [0.2, 0.25) is 5.88 Å². The van der Waals surface area contributed by atoms with Crippen LogP contribution in [0, 0.1) is 13.8 Å². The van der Waals surface area contributed by atoms with E-state index in [9.17, 15) is 18.0 Å². The van der Waals surface area contributed by atoms with Crippen molar-refractivity contribution in [3.8, 4) is 11.6 Å². The zero-order valence-electron chi connectivity index (χ0n) is 20.7. The van der Waals surface area contributed by atoms with Crippen molar-refractivity contribution in [3.63, 3.8) is 0 Å². The molecule has 0 amide bonds. The SMILES string of the molecule is CCc1nc(C)c(C)c(OC(C)=O)c1CCCNOC(C)C(C)Oc1ncc(C(F)(F)F)cc1Cl. The molecular weight excluding hydrogens is 487 g/mol. The van der Waals surface area contributed by atoms with Gasteiger partial charge in [0.05, 0.1) is 5.56 Å². The molecule has 0 saturated carbocycles. The Kier molecular flexibility index (Phi) is 10.3. The second-order valence-corrected chi connectivity index (χ2v) is 8.58. The molecule has 0 saturated heterocycles. The molecule has 7 nitrogen and oxygen atoms in total. The van der Waals surface area contributed by atoms with Crippen molar-refractivity contribution in [3.05, 3.63) is 45.4 Å². The van der Waals surface area contributed by atoms with Gasteiger partial charge in [-0.1, -0.05) is 18.5 Å². The number of carbonyl (C=O) groups is 1. The third-order valence-corrected chi connectivity index (χ3v) is 5.73. The molecule has 0 aliphatic carbocycles. The van der Waals surface area contributed by atoms with Gasteiger partial charge in [0.1, 0.15) is 23.0 Å². The van der Waals surface area contributed by atoms with E-state index >= 15 is 0 Å². The summed E-state index contributed by atoms with van der Waals surface area (Å²) in [6.45, 7) is 11.1. The van der Waals surface area contributed by atoms with Gasteiger partial charge in [-0.05, 0) is 53.0 Å². The molecule has 11 heteroatoms. The van der Waals surface area contributed by atoms with Gasteiger partial charge in [-0.2, -0.15) is 13.2 Å². The summed E-state index contributed by atoms with van der Waals surface area (Å²) in [6.07, 6.45) is -2.85. The van der Waals surface area contributed by atoms with Gasteiger partial charge in [0.15, 0.2) is 0 Å². The van der Waals surface area contributed by atoms with Gasteiger partial charge in [0.25, 0.3) is 0 Å². The number of hydroxylamine groups is 1. The molecule has 2 aromatic rings. The molecule has 35 heavy (non-hydrogen) atoms. The molecule has 0 aromatic carbocycles. The number of halogens is 4. The minimum absolute atomic E-state index is 0.102. The molecule has 2 rings (SSSR count). The highest BCUT2D eigenvalue weighted by Crippen LogP contribution is 2.33. The van der Waals surface area contributed by atoms with Crippen LogP contribution in [-0.2, 0) is 28.7 Å². The van der Waals surface area contributed by atoms with Crippen LogP contribution in [0.1, 0.15) is 62.2 Å². The van der Waals surface area contributed by atoms with Gasteiger partial charge in [-0.25, -0.2) is 10.5 Å². The summed E-state index contributed by atoms with van der Waals surface area (Å²) >= 11 is 5.90. The first-order valence-electron chi connectivity index (χ1n) is 11.3. The average Bonchev–Trinajstić information content (AvgIpc) is 2.77. The predicted molar refractivity (Wildman–Crippen MR) is 126 cm³/mol. The number of aromatic nitrogens is 2. The van der Waals surface area contributed by atoms with Gasteiger partial charge in [-0.3, -0.25) is 14.6 Å². The largest absolute Gasteiger partial charge is 0.471 e. The van der Waals surface area contributed by atoms with E-state index in [1.54, 1.807) is 13.8 Å². The number of rotatable bonds is 11. The van der Waals surface area contributed by atoms with Gasteiger partial charge in [0, 0.05) is 42.2 Å². The molecule has 2 atom stereocenters. The van der Waals surface area contributed by atoms with Gasteiger partial charge in [-0.15, -0.1) is 0 Å².